The number of pyridine rings is 1. The SMILES string of the molecule is CCOC(=O)C=Cc1ccn(C2=CC(C)(C)Oc3ccc(C#N)cc32)c(=O)c1. The first kappa shape index (κ1) is 19.2. The van der Waals surface area contributed by atoms with Crippen LogP contribution in [-0.4, -0.2) is 22.7 Å². The number of aromatic nitrogens is 1. The van der Waals surface area contributed by atoms with E-state index >= 15 is 0 Å². The smallest absolute Gasteiger partial charge is 0.330 e. The van der Waals surface area contributed by atoms with Gasteiger partial charge in [-0.15, -0.1) is 0 Å². The monoisotopic (exact) mass is 376 g/mol. The minimum Gasteiger partial charge on any atom is -0.483 e. The van der Waals surface area contributed by atoms with Gasteiger partial charge in [0.25, 0.3) is 5.56 Å². The molecular weight excluding hydrogens is 356 g/mol. The van der Waals surface area contributed by atoms with Crippen LogP contribution >= 0.6 is 0 Å². The van der Waals surface area contributed by atoms with E-state index in [1.54, 1.807) is 37.4 Å². The van der Waals surface area contributed by atoms with Crippen LogP contribution < -0.4 is 10.3 Å². The highest BCUT2D eigenvalue weighted by Crippen LogP contribution is 2.36. The lowest BCUT2D eigenvalue weighted by atomic mass is 9.97. The molecule has 0 fully saturated rings. The number of esters is 1. The Labute approximate surface area is 162 Å². The maximum Gasteiger partial charge on any atom is 0.330 e. The first-order chi connectivity index (χ1) is 13.3. The minimum atomic E-state index is -0.613. The molecule has 1 aliphatic rings. The van der Waals surface area contributed by atoms with E-state index in [-0.39, 0.29) is 5.56 Å². The molecule has 2 heterocycles. The van der Waals surface area contributed by atoms with Crippen LogP contribution in [0.1, 0.15) is 37.5 Å². The number of rotatable bonds is 4. The fraction of sp³-hybridized carbons (Fsp3) is 0.227. The first-order valence-electron chi connectivity index (χ1n) is 8.87. The summed E-state index contributed by atoms with van der Waals surface area (Å²) in [6, 6.07) is 10.4. The molecule has 142 valence electrons. The van der Waals surface area contributed by atoms with E-state index in [1.807, 2.05) is 19.9 Å². The van der Waals surface area contributed by atoms with Crippen molar-refractivity contribution < 1.29 is 14.3 Å². The standard InChI is InChI=1S/C22H20N2O4/c1-4-27-21(26)8-6-15-9-10-24(20(25)12-15)18-13-22(2,3)28-19-7-5-16(14-23)11-17(18)19/h5-13H,4H2,1-3H3. The minimum absolute atomic E-state index is 0.261. The number of ether oxygens (including phenoxy) is 2. The van der Waals surface area contributed by atoms with E-state index in [0.717, 1.165) is 0 Å². The maximum absolute atomic E-state index is 12.8. The molecule has 1 aromatic heterocycles. The highest BCUT2D eigenvalue weighted by molar-refractivity contribution is 5.87. The lowest BCUT2D eigenvalue weighted by Crippen LogP contribution is -2.32. The number of nitriles is 1. The molecule has 6 heteroatoms. The summed E-state index contributed by atoms with van der Waals surface area (Å²) in [6.07, 6.45) is 6.32. The van der Waals surface area contributed by atoms with Crippen LogP contribution in [0.5, 0.6) is 5.75 Å². The van der Waals surface area contributed by atoms with Crippen LogP contribution in [-0.2, 0) is 9.53 Å². The molecular formula is C22H20N2O4. The van der Waals surface area contributed by atoms with E-state index in [2.05, 4.69) is 6.07 Å². The Morgan fingerprint density at radius 3 is 2.79 bits per heavy atom. The normalized spacial score (nSPS) is 14.6. The van der Waals surface area contributed by atoms with Crippen molar-refractivity contribution in [2.24, 2.45) is 0 Å². The average Bonchev–Trinajstić information content (AvgIpc) is 2.65. The van der Waals surface area contributed by atoms with Crippen molar-refractivity contribution in [2.45, 2.75) is 26.4 Å². The molecule has 0 saturated carbocycles. The van der Waals surface area contributed by atoms with Gasteiger partial charge in [-0.05, 0) is 62.8 Å². The Balaban J connectivity index is 2.03. The van der Waals surface area contributed by atoms with Gasteiger partial charge in [-0.1, -0.05) is 0 Å². The molecule has 0 atom stereocenters. The predicted octanol–water partition coefficient (Wildman–Crippen LogP) is 3.36. The summed E-state index contributed by atoms with van der Waals surface area (Å²) in [5.74, 6) is 0.151. The van der Waals surface area contributed by atoms with Gasteiger partial charge in [-0.2, -0.15) is 5.26 Å². The number of hydrogen-bond acceptors (Lipinski definition) is 5. The fourth-order valence-electron chi connectivity index (χ4n) is 2.96. The molecule has 1 aromatic carbocycles. The van der Waals surface area contributed by atoms with Crippen molar-refractivity contribution >= 4 is 17.7 Å². The van der Waals surface area contributed by atoms with Gasteiger partial charge in [-0.3, -0.25) is 9.36 Å². The largest absolute Gasteiger partial charge is 0.483 e. The third-order valence-electron chi connectivity index (χ3n) is 4.14. The van der Waals surface area contributed by atoms with Crippen LogP contribution in [0.15, 0.2) is 53.5 Å². The Morgan fingerprint density at radius 2 is 2.11 bits per heavy atom. The molecule has 0 aliphatic carbocycles. The number of benzene rings is 1. The second-order valence-corrected chi connectivity index (χ2v) is 6.81. The van der Waals surface area contributed by atoms with Gasteiger partial charge in [0, 0.05) is 23.9 Å². The summed E-state index contributed by atoms with van der Waals surface area (Å²) < 4.78 is 12.3. The van der Waals surface area contributed by atoms with Crippen molar-refractivity contribution in [3.05, 3.63) is 75.7 Å². The number of nitrogens with zero attached hydrogens (tertiary/aromatic N) is 2. The van der Waals surface area contributed by atoms with Crippen LogP contribution in [0.4, 0.5) is 0 Å². The third kappa shape index (κ3) is 4.04. The summed E-state index contributed by atoms with van der Waals surface area (Å²) in [5, 5.41) is 9.21. The third-order valence-corrected chi connectivity index (χ3v) is 4.14. The van der Waals surface area contributed by atoms with Crippen molar-refractivity contribution in [2.75, 3.05) is 6.61 Å². The van der Waals surface area contributed by atoms with Gasteiger partial charge < -0.3 is 9.47 Å². The zero-order valence-electron chi connectivity index (χ0n) is 15.9. The number of fused-ring (bicyclic) bond motifs is 1. The van der Waals surface area contributed by atoms with Crippen LogP contribution in [0.25, 0.3) is 11.8 Å². The molecule has 2 aromatic rings. The van der Waals surface area contributed by atoms with E-state index in [9.17, 15) is 14.9 Å². The van der Waals surface area contributed by atoms with Gasteiger partial charge in [0.1, 0.15) is 11.4 Å². The first-order valence-corrected chi connectivity index (χ1v) is 8.87. The second-order valence-electron chi connectivity index (χ2n) is 6.81. The second kappa shape index (κ2) is 7.57. The fourth-order valence-corrected chi connectivity index (χ4v) is 2.96. The van der Waals surface area contributed by atoms with Crippen molar-refractivity contribution in [1.82, 2.24) is 4.57 Å². The Bertz CT molecular complexity index is 1080. The number of carbonyl (C=O) groups excluding carboxylic acids is 1. The molecule has 0 N–H and O–H groups in total. The molecule has 0 spiro atoms. The molecule has 6 nitrogen and oxygen atoms in total. The Kier molecular flexibility index (Phi) is 5.18. The van der Waals surface area contributed by atoms with E-state index in [4.69, 9.17) is 9.47 Å². The average molecular weight is 376 g/mol. The summed E-state index contributed by atoms with van der Waals surface area (Å²) in [4.78, 5) is 24.2. The van der Waals surface area contributed by atoms with Gasteiger partial charge in [0.2, 0.25) is 0 Å². The van der Waals surface area contributed by atoms with Crippen LogP contribution in [0, 0.1) is 11.3 Å². The summed E-state index contributed by atoms with van der Waals surface area (Å²) in [5.41, 5.74) is 1.52. The van der Waals surface area contributed by atoms with Crippen molar-refractivity contribution in [3.8, 4) is 11.8 Å². The van der Waals surface area contributed by atoms with Gasteiger partial charge >= 0.3 is 5.97 Å². The van der Waals surface area contributed by atoms with E-state index in [1.165, 1.54) is 22.8 Å². The lowest BCUT2D eigenvalue weighted by Gasteiger charge is -2.31. The van der Waals surface area contributed by atoms with Crippen LogP contribution in [0.3, 0.4) is 0 Å². The number of hydrogen-bond donors (Lipinski definition) is 0. The quantitative estimate of drug-likeness (QED) is 0.604. The van der Waals surface area contributed by atoms with Crippen LogP contribution in [0.2, 0.25) is 0 Å². The molecule has 0 radical (unpaired) electrons. The van der Waals surface area contributed by atoms with E-state index in [0.29, 0.717) is 34.7 Å². The molecule has 28 heavy (non-hydrogen) atoms. The molecule has 0 bridgehead atoms. The molecule has 0 saturated heterocycles. The van der Waals surface area contributed by atoms with E-state index < -0.39 is 11.6 Å². The summed E-state index contributed by atoms with van der Waals surface area (Å²) >= 11 is 0. The predicted molar refractivity (Wildman–Crippen MR) is 106 cm³/mol. The maximum atomic E-state index is 12.8. The Morgan fingerprint density at radius 1 is 1.32 bits per heavy atom. The summed E-state index contributed by atoms with van der Waals surface area (Å²) in [7, 11) is 0. The molecule has 3 rings (SSSR count). The molecule has 1 aliphatic heterocycles. The van der Waals surface area contributed by atoms with Gasteiger partial charge in [-0.25, -0.2) is 4.79 Å². The van der Waals surface area contributed by atoms with Gasteiger partial charge in [0.05, 0.1) is 23.9 Å². The zero-order chi connectivity index (χ0) is 20.3. The zero-order valence-corrected chi connectivity index (χ0v) is 15.9. The highest BCUT2D eigenvalue weighted by atomic mass is 16.5. The molecule has 0 unspecified atom stereocenters. The number of carbonyl (C=O) groups is 1. The Hall–Kier alpha value is -3.59. The van der Waals surface area contributed by atoms with Crippen molar-refractivity contribution in [3.63, 3.8) is 0 Å². The van der Waals surface area contributed by atoms with Crippen molar-refractivity contribution in [1.29, 1.82) is 5.26 Å². The molecule has 0 amide bonds. The highest BCUT2D eigenvalue weighted by Gasteiger charge is 2.28. The van der Waals surface area contributed by atoms with Gasteiger partial charge in [0.15, 0.2) is 0 Å². The topological polar surface area (TPSA) is 81.3 Å². The lowest BCUT2D eigenvalue weighted by molar-refractivity contribution is -0.137. The summed E-state index contributed by atoms with van der Waals surface area (Å²) in [6.45, 7) is 5.82.